The van der Waals surface area contributed by atoms with Crippen LogP contribution in [-0.2, 0) is 6.61 Å². The highest BCUT2D eigenvalue weighted by Crippen LogP contribution is 2.30. The quantitative estimate of drug-likeness (QED) is 0.878. The Morgan fingerprint density at radius 3 is 2.47 bits per heavy atom. The average molecular weight is 256 g/mol. The van der Waals surface area contributed by atoms with E-state index in [1.54, 1.807) is 0 Å². The normalized spacial score (nSPS) is 10.8. The van der Waals surface area contributed by atoms with Gasteiger partial charge in [0.25, 0.3) is 0 Å². The summed E-state index contributed by atoms with van der Waals surface area (Å²) in [5, 5.41) is 9.33. The smallest absolute Gasteiger partial charge is 0.132 e. The number of hydrogen-bond acceptors (Lipinski definition) is 2. The minimum Gasteiger partial charge on any atom is -0.457 e. The highest BCUT2D eigenvalue weighted by molar-refractivity contribution is 5.43. The van der Waals surface area contributed by atoms with Gasteiger partial charge in [0.15, 0.2) is 0 Å². The number of aliphatic hydroxyl groups is 1. The molecule has 0 aromatic heterocycles. The van der Waals surface area contributed by atoms with Gasteiger partial charge >= 0.3 is 0 Å². The Morgan fingerprint density at radius 1 is 1.05 bits per heavy atom. The van der Waals surface area contributed by atoms with Crippen LogP contribution in [0.3, 0.4) is 0 Å². The van der Waals surface area contributed by atoms with Gasteiger partial charge in [0.05, 0.1) is 6.61 Å². The van der Waals surface area contributed by atoms with E-state index in [9.17, 15) is 5.11 Å². The predicted molar refractivity (Wildman–Crippen MR) is 77.7 cm³/mol. The van der Waals surface area contributed by atoms with Gasteiger partial charge < -0.3 is 9.84 Å². The van der Waals surface area contributed by atoms with Crippen molar-refractivity contribution in [3.63, 3.8) is 0 Å². The average Bonchev–Trinajstić information content (AvgIpc) is 2.41. The molecule has 100 valence electrons. The van der Waals surface area contributed by atoms with Crippen LogP contribution in [0.4, 0.5) is 0 Å². The molecule has 2 heteroatoms. The predicted octanol–water partition coefficient (Wildman–Crippen LogP) is 4.40. The Labute approximate surface area is 114 Å². The largest absolute Gasteiger partial charge is 0.457 e. The van der Waals surface area contributed by atoms with Gasteiger partial charge in [-0.3, -0.25) is 0 Å². The van der Waals surface area contributed by atoms with Gasteiger partial charge in [0.1, 0.15) is 11.5 Å². The first kappa shape index (κ1) is 13.6. The summed E-state index contributed by atoms with van der Waals surface area (Å²) in [6.45, 7) is 6.34. The van der Waals surface area contributed by atoms with Gasteiger partial charge in [0.2, 0.25) is 0 Å². The maximum atomic E-state index is 9.33. The molecule has 0 saturated carbocycles. The maximum absolute atomic E-state index is 9.33. The zero-order chi connectivity index (χ0) is 13.8. The lowest BCUT2D eigenvalue weighted by atomic mass is 10.0. The molecule has 0 aliphatic carbocycles. The molecule has 0 spiro atoms. The molecule has 0 unspecified atom stereocenters. The van der Waals surface area contributed by atoms with Crippen molar-refractivity contribution in [2.75, 3.05) is 0 Å². The first-order valence-electron chi connectivity index (χ1n) is 6.59. The van der Waals surface area contributed by atoms with Crippen molar-refractivity contribution in [3.05, 3.63) is 59.2 Å². The van der Waals surface area contributed by atoms with Crippen molar-refractivity contribution in [1.82, 2.24) is 0 Å². The number of ether oxygens (including phenoxy) is 1. The second kappa shape index (κ2) is 5.89. The van der Waals surface area contributed by atoms with Gasteiger partial charge in [-0.05, 0) is 36.1 Å². The van der Waals surface area contributed by atoms with Crippen LogP contribution in [-0.4, -0.2) is 5.11 Å². The molecule has 0 atom stereocenters. The van der Waals surface area contributed by atoms with E-state index in [4.69, 9.17) is 4.74 Å². The first-order chi connectivity index (χ1) is 9.11. The fraction of sp³-hybridized carbons (Fsp3) is 0.294. The van der Waals surface area contributed by atoms with Gasteiger partial charge in [-0.25, -0.2) is 0 Å². The van der Waals surface area contributed by atoms with E-state index in [0.717, 1.165) is 16.9 Å². The molecular weight excluding hydrogens is 236 g/mol. The molecule has 2 aromatic rings. The van der Waals surface area contributed by atoms with E-state index in [2.05, 4.69) is 32.0 Å². The number of hydrogen-bond donors (Lipinski definition) is 1. The summed E-state index contributed by atoms with van der Waals surface area (Å²) >= 11 is 0. The fourth-order valence-corrected chi connectivity index (χ4v) is 1.94. The lowest BCUT2D eigenvalue weighted by Crippen LogP contribution is -1.95. The summed E-state index contributed by atoms with van der Waals surface area (Å²) in [6.07, 6.45) is 0. The third-order valence-corrected chi connectivity index (χ3v) is 3.24. The Balaban J connectivity index is 2.34. The lowest BCUT2D eigenvalue weighted by molar-refractivity contribution is 0.276. The highest BCUT2D eigenvalue weighted by atomic mass is 16.5. The Kier molecular flexibility index (Phi) is 4.23. The minimum atomic E-state index is -0.0148. The SMILES string of the molecule is Cc1ccc(C(C)C)cc1Oc1ccccc1CO. The molecule has 2 nitrogen and oxygen atoms in total. The Hall–Kier alpha value is -1.80. The van der Waals surface area contributed by atoms with Crippen molar-refractivity contribution >= 4 is 0 Å². The van der Waals surface area contributed by atoms with E-state index in [-0.39, 0.29) is 6.61 Å². The number of aliphatic hydroxyl groups excluding tert-OH is 1. The molecule has 1 N–H and O–H groups in total. The number of rotatable bonds is 4. The summed E-state index contributed by atoms with van der Waals surface area (Å²) in [7, 11) is 0. The summed E-state index contributed by atoms with van der Waals surface area (Å²) in [5.41, 5.74) is 3.15. The van der Waals surface area contributed by atoms with Crippen LogP contribution in [0.25, 0.3) is 0 Å². The molecule has 2 rings (SSSR count). The Bertz CT molecular complexity index is 559. The molecule has 19 heavy (non-hydrogen) atoms. The second-order valence-electron chi connectivity index (χ2n) is 5.05. The van der Waals surface area contributed by atoms with Crippen LogP contribution < -0.4 is 4.74 Å². The molecule has 0 amide bonds. The second-order valence-corrected chi connectivity index (χ2v) is 5.05. The zero-order valence-electron chi connectivity index (χ0n) is 11.7. The van der Waals surface area contributed by atoms with Crippen LogP contribution in [0, 0.1) is 6.92 Å². The van der Waals surface area contributed by atoms with Crippen LogP contribution >= 0.6 is 0 Å². The molecule has 2 aromatic carbocycles. The summed E-state index contributed by atoms with van der Waals surface area (Å²) in [6, 6.07) is 13.8. The van der Waals surface area contributed by atoms with Gasteiger partial charge in [-0.1, -0.05) is 44.2 Å². The van der Waals surface area contributed by atoms with E-state index in [1.807, 2.05) is 31.2 Å². The monoisotopic (exact) mass is 256 g/mol. The van der Waals surface area contributed by atoms with E-state index < -0.39 is 0 Å². The fourth-order valence-electron chi connectivity index (χ4n) is 1.94. The molecule has 0 aliphatic rings. The van der Waals surface area contributed by atoms with Crippen molar-refractivity contribution < 1.29 is 9.84 Å². The zero-order valence-corrected chi connectivity index (χ0v) is 11.7. The summed E-state index contributed by atoms with van der Waals surface area (Å²) in [4.78, 5) is 0. The molecule has 0 aliphatic heterocycles. The standard InChI is InChI=1S/C17H20O2/c1-12(2)14-9-8-13(3)17(10-14)19-16-7-5-4-6-15(16)11-18/h4-10,12,18H,11H2,1-3H3. The van der Waals surface area contributed by atoms with Crippen LogP contribution in [0.2, 0.25) is 0 Å². The third-order valence-electron chi connectivity index (χ3n) is 3.24. The molecule has 0 bridgehead atoms. The van der Waals surface area contributed by atoms with Crippen molar-refractivity contribution in [2.24, 2.45) is 0 Å². The Morgan fingerprint density at radius 2 is 1.79 bits per heavy atom. The van der Waals surface area contributed by atoms with E-state index in [0.29, 0.717) is 11.7 Å². The van der Waals surface area contributed by atoms with Gasteiger partial charge in [-0.15, -0.1) is 0 Å². The molecular formula is C17H20O2. The van der Waals surface area contributed by atoms with Crippen LogP contribution in [0.5, 0.6) is 11.5 Å². The first-order valence-corrected chi connectivity index (χ1v) is 6.59. The molecule has 0 fully saturated rings. The van der Waals surface area contributed by atoms with Crippen molar-refractivity contribution in [1.29, 1.82) is 0 Å². The summed E-state index contributed by atoms with van der Waals surface area (Å²) in [5.74, 6) is 2.04. The molecule has 0 saturated heterocycles. The van der Waals surface area contributed by atoms with E-state index >= 15 is 0 Å². The topological polar surface area (TPSA) is 29.5 Å². The number of aryl methyl sites for hydroxylation is 1. The van der Waals surface area contributed by atoms with E-state index in [1.165, 1.54) is 5.56 Å². The van der Waals surface area contributed by atoms with Crippen molar-refractivity contribution in [2.45, 2.75) is 33.3 Å². The van der Waals surface area contributed by atoms with Gasteiger partial charge in [-0.2, -0.15) is 0 Å². The highest BCUT2D eigenvalue weighted by Gasteiger charge is 2.08. The molecule has 0 heterocycles. The maximum Gasteiger partial charge on any atom is 0.132 e. The van der Waals surface area contributed by atoms with Crippen molar-refractivity contribution in [3.8, 4) is 11.5 Å². The molecule has 0 radical (unpaired) electrons. The number of benzene rings is 2. The van der Waals surface area contributed by atoms with Crippen LogP contribution in [0.15, 0.2) is 42.5 Å². The van der Waals surface area contributed by atoms with Crippen LogP contribution in [0.1, 0.15) is 36.5 Å². The number of para-hydroxylation sites is 1. The third kappa shape index (κ3) is 3.15. The summed E-state index contributed by atoms with van der Waals surface area (Å²) < 4.78 is 5.96. The van der Waals surface area contributed by atoms with Gasteiger partial charge in [0, 0.05) is 5.56 Å². The lowest BCUT2D eigenvalue weighted by Gasteiger charge is -2.14. The minimum absolute atomic E-state index is 0.0148.